The molecule has 3 aliphatic rings. The standard InChI is InChI=1S/C16H30N2OS/c1-2-15-11-18(7-10-20-15)13-16(5-8-19-9-6-16)12-17-14-3-4-14/h14-15,17H,2-13H2,1H3. The molecule has 0 radical (unpaired) electrons. The van der Waals surface area contributed by atoms with Gasteiger partial charge in [-0.2, -0.15) is 11.8 Å². The Morgan fingerprint density at radius 2 is 2.10 bits per heavy atom. The molecular formula is C16H30N2OS. The number of nitrogens with one attached hydrogen (secondary N) is 1. The minimum atomic E-state index is 0.473. The van der Waals surface area contributed by atoms with Crippen molar-refractivity contribution < 1.29 is 4.74 Å². The summed E-state index contributed by atoms with van der Waals surface area (Å²) in [6.45, 7) is 9.34. The highest BCUT2D eigenvalue weighted by atomic mass is 32.2. The minimum absolute atomic E-state index is 0.473. The molecular weight excluding hydrogens is 268 g/mol. The highest BCUT2D eigenvalue weighted by Gasteiger charge is 2.37. The summed E-state index contributed by atoms with van der Waals surface area (Å²) in [5.41, 5.74) is 0.473. The predicted octanol–water partition coefficient (Wildman–Crippen LogP) is 2.36. The van der Waals surface area contributed by atoms with E-state index in [2.05, 4.69) is 28.9 Å². The summed E-state index contributed by atoms with van der Waals surface area (Å²) < 4.78 is 5.63. The molecule has 1 saturated carbocycles. The molecule has 3 rings (SSSR count). The van der Waals surface area contributed by atoms with Crippen LogP contribution in [0.4, 0.5) is 0 Å². The van der Waals surface area contributed by atoms with Gasteiger partial charge in [0, 0.05) is 56.4 Å². The molecule has 1 unspecified atom stereocenters. The first-order chi connectivity index (χ1) is 9.80. The Balaban J connectivity index is 1.56. The molecule has 0 aromatic carbocycles. The summed E-state index contributed by atoms with van der Waals surface area (Å²) >= 11 is 2.17. The first kappa shape index (κ1) is 15.1. The Morgan fingerprint density at radius 1 is 1.30 bits per heavy atom. The van der Waals surface area contributed by atoms with Crippen molar-refractivity contribution >= 4 is 11.8 Å². The molecule has 0 aromatic heterocycles. The molecule has 2 heterocycles. The van der Waals surface area contributed by atoms with Gasteiger partial charge in [-0.1, -0.05) is 6.92 Å². The van der Waals surface area contributed by atoms with Crippen LogP contribution in [0.1, 0.15) is 39.0 Å². The van der Waals surface area contributed by atoms with Crippen LogP contribution in [0, 0.1) is 5.41 Å². The maximum absolute atomic E-state index is 5.63. The van der Waals surface area contributed by atoms with Gasteiger partial charge in [-0.3, -0.25) is 0 Å². The van der Waals surface area contributed by atoms with Crippen molar-refractivity contribution in [2.45, 2.75) is 50.3 Å². The molecule has 1 N–H and O–H groups in total. The van der Waals surface area contributed by atoms with Gasteiger partial charge < -0.3 is 15.0 Å². The SMILES string of the molecule is CCC1CN(CC2(CNC3CC3)CCOCC2)CCS1. The third-order valence-electron chi connectivity index (χ3n) is 5.13. The van der Waals surface area contributed by atoms with Crippen molar-refractivity contribution in [3.63, 3.8) is 0 Å². The quantitative estimate of drug-likeness (QED) is 0.813. The van der Waals surface area contributed by atoms with Gasteiger partial charge in [0.25, 0.3) is 0 Å². The fraction of sp³-hybridized carbons (Fsp3) is 1.00. The largest absolute Gasteiger partial charge is 0.381 e. The van der Waals surface area contributed by atoms with Gasteiger partial charge in [0.15, 0.2) is 0 Å². The van der Waals surface area contributed by atoms with E-state index < -0.39 is 0 Å². The van der Waals surface area contributed by atoms with E-state index in [0.717, 1.165) is 24.5 Å². The first-order valence-electron chi connectivity index (χ1n) is 8.45. The minimum Gasteiger partial charge on any atom is -0.381 e. The van der Waals surface area contributed by atoms with Crippen LogP contribution in [0.2, 0.25) is 0 Å². The van der Waals surface area contributed by atoms with Gasteiger partial charge in [0.05, 0.1) is 0 Å². The zero-order valence-corrected chi connectivity index (χ0v) is 13.7. The van der Waals surface area contributed by atoms with E-state index in [1.165, 1.54) is 64.0 Å². The number of ether oxygens (including phenoxy) is 1. The van der Waals surface area contributed by atoms with Crippen LogP contribution in [-0.2, 0) is 4.74 Å². The maximum Gasteiger partial charge on any atom is 0.0472 e. The molecule has 3 nitrogen and oxygen atoms in total. The average Bonchev–Trinajstić information content (AvgIpc) is 3.31. The molecule has 0 spiro atoms. The van der Waals surface area contributed by atoms with Gasteiger partial charge in [0.1, 0.15) is 0 Å². The Bertz CT molecular complexity index is 303. The van der Waals surface area contributed by atoms with Crippen LogP contribution in [0.25, 0.3) is 0 Å². The summed E-state index contributed by atoms with van der Waals surface area (Å²) in [6, 6.07) is 0.829. The fourth-order valence-corrected chi connectivity index (χ4v) is 4.74. The van der Waals surface area contributed by atoms with Gasteiger partial charge in [-0.15, -0.1) is 0 Å². The normalized spacial score (nSPS) is 31.4. The topological polar surface area (TPSA) is 24.5 Å². The molecule has 0 aromatic rings. The smallest absolute Gasteiger partial charge is 0.0472 e. The van der Waals surface area contributed by atoms with Crippen LogP contribution in [0.5, 0.6) is 0 Å². The highest BCUT2D eigenvalue weighted by molar-refractivity contribution is 8.00. The van der Waals surface area contributed by atoms with Crippen molar-refractivity contribution in [2.75, 3.05) is 45.1 Å². The van der Waals surface area contributed by atoms with Crippen LogP contribution >= 0.6 is 11.8 Å². The lowest BCUT2D eigenvalue weighted by molar-refractivity contribution is -0.00411. The summed E-state index contributed by atoms with van der Waals surface area (Å²) in [6.07, 6.45) is 6.59. The number of hydrogen-bond acceptors (Lipinski definition) is 4. The van der Waals surface area contributed by atoms with Gasteiger partial charge in [-0.25, -0.2) is 0 Å². The summed E-state index contributed by atoms with van der Waals surface area (Å²) in [5, 5.41) is 4.65. The maximum atomic E-state index is 5.63. The predicted molar refractivity (Wildman–Crippen MR) is 86.5 cm³/mol. The molecule has 2 saturated heterocycles. The molecule has 20 heavy (non-hydrogen) atoms. The number of hydrogen-bond donors (Lipinski definition) is 1. The van der Waals surface area contributed by atoms with E-state index in [9.17, 15) is 0 Å². The lowest BCUT2D eigenvalue weighted by Gasteiger charge is -2.43. The van der Waals surface area contributed by atoms with E-state index in [1.807, 2.05) is 0 Å². The Morgan fingerprint density at radius 3 is 2.80 bits per heavy atom. The van der Waals surface area contributed by atoms with Crippen LogP contribution < -0.4 is 5.32 Å². The second kappa shape index (κ2) is 6.99. The van der Waals surface area contributed by atoms with Crippen LogP contribution in [-0.4, -0.2) is 61.3 Å². The van der Waals surface area contributed by atoms with Crippen molar-refractivity contribution in [3.8, 4) is 0 Å². The third-order valence-corrected chi connectivity index (χ3v) is 6.51. The molecule has 1 atom stereocenters. The molecule has 2 aliphatic heterocycles. The second-order valence-electron chi connectivity index (χ2n) is 6.90. The Labute approximate surface area is 128 Å². The van der Waals surface area contributed by atoms with E-state index in [1.54, 1.807) is 0 Å². The van der Waals surface area contributed by atoms with E-state index in [0.29, 0.717) is 5.41 Å². The summed E-state index contributed by atoms with van der Waals surface area (Å²) in [4.78, 5) is 2.74. The average molecular weight is 298 g/mol. The zero-order valence-electron chi connectivity index (χ0n) is 12.9. The van der Waals surface area contributed by atoms with Crippen molar-refractivity contribution in [3.05, 3.63) is 0 Å². The van der Waals surface area contributed by atoms with E-state index in [-0.39, 0.29) is 0 Å². The molecule has 0 bridgehead atoms. The number of nitrogens with zero attached hydrogens (tertiary/aromatic N) is 1. The summed E-state index contributed by atoms with van der Waals surface area (Å²) in [7, 11) is 0. The number of thioether (sulfide) groups is 1. The molecule has 116 valence electrons. The molecule has 1 aliphatic carbocycles. The van der Waals surface area contributed by atoms with Crippen molar-refractivity contribution in [2.24, 2.45) is 5.41 Å². The highest BCUT2D eigenvalue weighted by Crippen LogP contribution is 2.34. The third kappa shape index (κ3) is 4.12. The Hall–Kier alpha value is 0.230. The van der Waals surface area contributed by atoms with Crippen LogP contribution in [0.3, 0.4) is 0 Å². The van der Waals surface area contributed by atoms with Crippen LogP contribution in [0.15, 0.2) is 0 Å². The molecule has 3 fully saturated rings. The Kier molecular flexibility index (Phi) is 5.29. The van der Waals surface area contributed by atoms with Gasteiger partial charge in [-0.05, 0) is 37.5 Å². The lowest BCUT2D eigenvalue weighted by atomic mass is 9.79. The van der Waals surface area contributed by atoms with Crippen molar-refractivity contribution in [1.29, 1.82) is 0 Å². The second-order valence-corrected chi connectivity index (χ2v) is 8.31. The lowest BCUT2D eigenvalue weighted by Crippen LogP contribution is -2.50. The zero-order chi connectivity index (χ0) is 13.8. The van der Waals surface area contributed by atoms with E-state index in [4.69, 9.17) is 4.74 Å². The fourth-order valence-electron chi connectivity index (χ4n) is 3.49. The van der Waals surface area contributed by atoms with Gasteiger partial charge >= 0.3 is 0 Å². The van der Waals surface area contributed by atoms with Crippen molar-refractivity contribution in [1.82, 2.24) is 10.2 Å². The van der Waals surface area contributed by atoms with E-state index >= 15 is 0 Å². The molecule has 4 heteroatoms. The monoisotopic (exact) mass is 298 g/mol. The summed E-state index contributed by atoms with van der Waals surface area (Å²) in [5.74, 6) is 1.32. The molecule has 0 amide bonds. The van der Waals surface area contributed by atoms with Gasteiger partial charge in [0.2, 0.25) is 0 Å². The first-order valence-corrected chi connectivity index (χ1v) is 9.50. The number of rotatable bonds is 6.